The lowest BCUT2D eigenvalue weighted by molar-refractivity contribution is -0.140. The Morgan fingerprint density at radius 3 is 2.35 bits per heavy atom. The van der Waals surface area contributed by atoms with Gasteiger partial charge in [0.05, 0.1) is 0 Å². The van der Waals surface area contributed by atoms with Crippen LogP contribution in [0.3, 0.4) is 0 Å². The third-order valence-electron chi connectivity index (χ3n) is 5.32. The fraction of sp³-hybridized carbons (Fsp3) is 0.174. The van der Waals surface area contributed by atoms with Gasteiger partial charge in [0.2, 0.25) is 11.0 Å². The van der Waals surface area contributed by atoms with E-state index in [1.54, 1.807) is 22.9 Å². The number of thiocarbonyl (C=S) groups is 1. The Morgan fingerprint density at radius 1 is 1.13 bits per heavy atom. The summed E-state index contributed by atoms with van der Waals surface area (Å²) < 4.78 is 6.43. The molecular weight excluding hydrogens is 446 g/mol. The van der Waals surface area contributed by atoms with Gasteiger partial charge in [0, 0.05) is 22.9 Å². The van der Waals surface area contributed by atoms with Crippen molar-refractivity contribution in [3.63, 3.8) is 0 Å². The van der Waals surface area contributed by atoms with Gasteiger partial charge in [0.25, 0.3) is 0 Å². The van der Waals surface area contributed by atoms with Gasteiger partial charge in [-0.1, -0.05) is 60.7 Å². The molecule has 156 valence electrons. The maximum Gasteiger partial charge on any atom is 0.248 e. The molecule has 5 nitrogen and oxygen atoms in total. The van der Waals surface area contributed by atoms with Crippen molar-refractivity contribution in [2.75, 3.05) is 5.75 Å². The zero-order valence-corrected chi connectivity index (χ0v) is 18.8. The Hall–Kier alpha value is -2.52. The van der Waals surface area contributed by atoms with E-state index in [-0.39, 0.29) is 16.3 Å². The number of amides is 1. The number of hydrogen-bond acceptors (Lipinski definition) is 7. The van der Waals surface area contributed by atoms with Gasteiger partial charge in [-0.25, -0.2) is 4.98 Å². The molecular formula is C23H19N3O2S3. The molecule has 0 unspecified atom stereocenters. The Morgan fingerprint density at radius 2 is 1.77 bits per heavy atom. The van der Waals surface area contributed by atoms with E-state index in [2.05, 4.69) is 4.98 Å². The van der Waals surface area contributed by atoms with E-state index in [0.717, 1.165) is 21.7 Å². The molecule has 0 bridgehead atoms. The fourth-order valence-electron chi connectivity index (χ4n) is 3.79. The quantitative estimate of drug-likeness (QED) is 0.449. The third-order valence-corrected chi connectivity index (χ3v) is 7.75. The maximum atomic E-state index is 12.7. The van der Waals surface area contributed by atoms with Crippen molar-refractivity contribution in [3.8, 4) is 0 Å². The van der Waals surface area contributed by atoms with Gasteiger partial charge in [0.1, 0.15) is 28.2 Å². The summed E-state index contributed by atoms with van der Waals surface area (Å²) in [6.45, 7) is 0. The molecule has 2 aliphatic rings. The zero-order chi connectivity index (χ0) is 21.4. The number of thioether (sulfide) groups is 1. The summed E-state index contributed by atoms with van der Waals surface area (Å²) in [6.07, 6.45) is 1.36. The van der Waals surface area contributed by atoms with E-state index in [0.29, 0.717) is 11.4 Å². The molecule has 0 saturated carbocycles. The number of carbonyl (C=O) groups excluding carboxylic acids is 1. The van der Waals surface area contributed by atoms with Crippen LogP contribution in [0.25, 0.3) is 5.57 Å². The molecule has 2 N–H and O–H groups in total. The zero-order valence-electron chi connectivity index (χ0n) is 16.4. The molecule has 2 aromatic carbocycles. The summed E-state index contributed by atoms with van der Waals surface area (Å²) in [5.74, 6) is 0.540. The molecule has 0 aliphatic carbocycles. The van der Waals surface area contributed by atoms with Crippen LogP contribution >= 0.6 is 35.3 Å². The first-order valence-corrected chi connectivity index (χ1v) is 12.1. The van der Waals surface area contributed by atoms with Gasteiger partial charge in [-0.3, -0.25) is 9.69 Å². The third kappa shape index (κ3) is 3.70. The lowest BCUT2D eigenvalue weighted by atomic mass is 10.0. The van der Waals surface area contributed by atoms with Crippen molar-refractivity contribution >= 4 is 51.8 Å². The minimum atomic E-state index is -0.514. The molecule has 31 heavy (non-hydrogen) atoms. The lowest BCUT2D eigenvalue weighted by Crippen LogP contribution is -2.68. The van der Waals surface area contributed by atoms with Crippen LogP contribution in [0.2, 0.25) is 0 Å². The first-order chi connectivity index (χ1) is 15.1. The number of ether oxygens (including phenoxy) is 1. The SMILES string of the molecule is N[C@@H]1C(=O)N2C(C(=S)OC(c3ccccc3)c3ccccc3)=C(c3nccs3)CS[C@H]12. The maximum absolute atomic E-state index is 12.7. The van der Waals surface area contributed by atoms with Gasteiger partial charge in [-0.05, 0) is 23.3 Å². The first kappa shape index (κ1) is 20.4. The van der Waals surface area contributed by atoms with Gasteiger partial charge in [0.15, 0.2) is 0 Å². The average Bonchev–Trinajstić information content (AvgIpc) is 3.37. The number of fused-ring (bicyclic) bond motifs is 1. The van der Waals surface area contributed by atoms with E-state index < -0.39 is 12.1 Å². The number of rotatable bonds is 5. The van der Waals surface area contributed by atoms with Crippen LogP contribution in [0, 0.1) is 0 Å². The number of aromatic nitrogens is 1. The molecule has 0 spiro atoms. The lowest BCUT2D eigenvalue weighted by Gasteiger charge is -2.49. The topological polar surface area (TPSA) is 68.5 Å². The summed E-state index contributed by atoms with van der Waals surface area (Å²) in [5.41, 5.74) is 9.57. The van der Waals surface area contributed by atoms with Gasteiger partial charge >= 0.3 is 0 Å². The van der Waals surface area contributed by atoms with E-state index in [1.807, 2.05) is 66.0 Å². The van der Waals surface area contributed by atoms with E-state index in [1.165, 1.54) is 11.3 Å². The van der Waals surface area contributed by atoms with Crippen molar-refractivity contribution in [2.45, 2.75) is 17.5 Å². The summed E-state index contributed by atoms with van der Waals surface area (Å²) in [7, 11) is 0. The van der Waals surface area contributed by atoms with Gasteiger partial charge < -0.3 is 10.5 Å². The predicted molar refractivity (Wildman–Crippen MR) is 129 cm³/mol. The molecule has 5 rings (SSSR count). The average molecular weight is 466 g/mol. The molecule has 8 heteroatoms. The Bertz CT molecular complexity index is 1090. The second kappa shape index (κ2) is 8.55. The van der Waals surface area contributed by atoms with Crippen LogP contribution in [0.1, 0.15) is 22.2 Å². The van der Waals surface area contributed by atoms with Gasteiger partial charge in [-0.15, -0.1) is 23.1 Å². The predicted octanol–water partition coefficient (Wildman–Crippen LogP) is 4.23. The standard InChI is InChI=1S/C23H19N3O2S3/c24-17-21(27)26-18(16(13-31-22(17)26)20-25-11-12-30-20)23(29)28-19(14-7-3-1-4-8-14)15-9-5-2-6-10-15/h1-12,17,19,22H,13,24H2/t17-,22-/m1/s1. The second-order valence-electron chi connectivity index (χ2n) is 7.21. The van der Waals surface area contributed by atoms with Crippen LogP contribution < -0.4 is 5.73 Å². The number of nitrogens with two attached hydrogens (primary N) is 1. The molecule has 2 atom stereocenters. The van der Waals surface area contributed by atoms with Crippen molar-refractivity contribution in [3.05, 3.63) is 94.1 Å². The summed E-state index contributed by atoms with van der Waals surface area (Å²) >= 11 is 8.97. The van der Waals surface area contributed by atoms with Crippen molar-refractivity contribution in [1.29, 1.82) is 0 Å². The van der Waals surface area contributed by atoms with Crippen molar-refractivity contribution < 1.29 is 9.53 Å². The fourth-order valence-corrected chi connectivity index (χ4v) is 6.17. The smallest absolute Gasteiger partial charge is 0.248 e. The second-order valence-corrected chi connectivity index (χ2v) is 9.58. The molecule has 0 radical (unpaired) electrons. The molecule has 1 aromatic heterocycles. The molecule has 3 aromatic rings. The molecule has 1 saturated heterocycles. The van der Waals surface area contributed by atoms with Crippen molar-refractivity contribution in [1.82, 2.24) is 9.88 Å². The minimum Gasteiger partial charge on any atom is -0.469 e. The van der Waals surface area contributed by atoms with Crippen LogP contribution in [0.5, 0.6) is 0 Å². The number of hydrogen-bond donors (Lipinski definition) is 1. The van der Waals surface area contributed by atoms with E-state index in [9.17, 15) is 4.79 Å². The number of carbonyl (C=O) groups is 1. The summed E-state index contributed by atoms with van der Waals surface area (Å²) in [4.78, 5) is 18.8. The largest absolute Gasteiger partial charge is 0.469 e. The highest BCUT2D eigenvalue weighted by Gasteiger charge is 2.51. The molecule has 1 fully saturated rings. The van der Waals surface area contributed by atoms with Gasteiger partial charge in [-0.2, -0.15) is 0 Å². The highest BCUT2D eigenvalue weighted by atomic mass is 32.2. The Kier molecular flexibility index (Phi) is 5.62. The number of β-lactam (4-membered cyclic amide) rings is 1. The van der Waals surface area contributed by atoms with E-state index in [4.69, 9.17) is 22.7 Å². The van der Waals surface area contributed by atoms with Crippen LogP contribution in [0.15, 0.2) is 77.9 Å². The highest BCUT2D eigenvalue weighted by molar-refractivity contribution is 8.00. The summed E-state index contributed by atoms with van der Waals surface area (Å²) in [5, 5.41) is 2.92. The monoisotopic (exact) mass is 465 g/mol. The normalized spacial score (nSPS) is 20.5. The highest BCUT2D eigenvalue weighted by Crippen LogP contribution is 2.44. The van der Waals surface area contributed by atoms with Crippen molar-refractivity contribution in [2.24, 2.45) is 5.73 Å². The Labute approximate surface area is 193 Å². The van der Waals surface area contributed by atoms with Crippen LogP contribution in [-0.2, 0) is 9.53 Å². The molecule has 3 heterocycles. The number of thiazole rings is 1. The molecule has 1 amide bonds. The Balaban J connectivity index is 1.55. The number of benzene rings is 2. The van der Waals surface area contributed by atoms with Crippen LogP contribution in [0.4, 0.5) is 0 Å². The van der Waals surface area contributed by atoms with Crippen LogP contribution in [-0.4, -0.2) is 38.0 Å². The molecule has 2 aliphatic heterocycles. The number of nitrogens with zero attached hydrogens (tertiary/aromatic N) is 2. The minimum absolute atomic E-state index is 0.125. The first-order valence-electron chi connectivity index (χ1n) is 9.79. The van der Waals surface area contributed by atoms with E-state index >= 15 is 0 Å². The summed E-state index contributed by atoms with van der Waals surface area (Å²) in [6, 6.07) is 19.4.